The Labute approximate surface area is 199 Å². The van der Waals surface area contributed by atoms with Gasteiger partial charge in [0, 0.05) is 14.2 Å². The van der Waals surface area contributed by atoms with Crippen LogP contribution in [0.1, 0.15) is 106 Å². The number of ether oxygens (including phenoxy) is 2. The minimum atomic E-state index is -0.0851. The summed E-state index contributed by atoms with van der Waals surface area (Å²) in [6, 6.07) is 0. The highest BCUT2D eigenvalue weighted by Gasteiger charge is 2.69. The summed E-state index contributed by atoms with van der Waals surface area (Å²) in [6.45, 7) is 20.4. The second kappa shape index (κ2) is 8.40. The van der Waals surface area contributed by atoms with Crippen LogP contribution in [0.5, 0.6) is 0 Å². The van der Waals surface area contributed by atoms with Crippen molar-refractivity contribution in [1.82, 2.24) is 0 Å². The molecular formula is C30H52O2. The number of hydrogen-bond donors (Lipinski definition) is 0. The SMILES string of the molecule is C=C1CC[C@H]2[C@@](C)(CC[C@@]3(C)[C@@H]4CC[C@H](C(C)C)[C@@]4(C)CC[C@]23C)[C@@H]1CCC(OC)OC. The predicted molar refractivity (Wildman–Crippen MR) is 134 cm³/mol. The molecular weight excluding hydrogens is 392 g/mol. The van der Waals surface area contributed by atoms with Gasteiger partial charge in [0.2, 0.25) is 0 Å². The lowest BCUT2D eigenvalue weighted by Gasteiger charge is -2.71. The number of methoxy groups -OCH3 is 2. The molecule has 4 fully saturated rings. The third-order valence-corrected chi connectivity index (χ3v) is 12.5. The van der Waals surface area contributed by atoms with Crippen LogP contribution < -0.4 is 0 Å². The van der Waals surface area contributed by atoms with E-state index in [0.29, 0.717) is 27.6 Å². The Hall–Kier alpha value is -0.340. The molecule has 0 aromatic carbocycles. The molecule has 4 saturated carbocycles. The fourth-order valence-electron chi connectivity index (χ4n) is 10.6. The maximum absolute atomic E-state index is 5.55. The molecule has 8 atom stereocenters. The van der Waals surface area contributed by atoms with E-state index in [1.165, 1.54) is 56.9 Å². The van der Waals surface area contributed by atoms with Gasteiger partial charge in [-0.25, -0.2) is 0 Å². The van der Waals surface area contributed by atoms with Crippen molar-refractivity contribution in [2.75, 3.05) is 14.2 Å². The van der Waals surface area contributed by atoms with Gasteiger partial charge in [-0.3, -0.25) is 0 Å². The average molecular weight is 445 g/mol. The molecule has 0 radical (unpaired) electrons. The molecule has 0 bridgehead atoms. The van der Waals surface area contributed by atoms with Gasteiger partial charge >= 0.3 is 0 Å². The lowest BCUT2D eigenvalue weighted by atomic mass is 9.33. The van der Waals surface area contributed by atoms with Gasteiger partial charge in [-0.05, 0) is 115 Å². The van der Waals surface area contributed by atoms with E-state index in [0.717, 1.165) is 36.5 Å². The van der Waals surface area contributed by atoms with E-state index in [1.54, 1.807) is 14.2 Å². The van der Waals surface area contributed by atoms with E-state index < -0.39 is 0 Å². The third kappa shape index (κ3) is 3.32. The largest absolute Gasteiger partial charge is 0.356 e. The van der Waals surface area contributed by atoms with Crippen LogP contribution >= 0.6 is 0 Å². The molecule has 0 N–H and O–H groups in total. The van der Waals surface area contributed by atoms with Crippen LogP contribution in [0.2, 0.25) is 0 Å². The molecule has 32 heavy (non-hydrogen) atoms. The van der Waals surface area contributed by atoms with Crippen LogP contribution in [0.3, 0.4) is 0 Å². The average Bonchev–Trinajstić information content (AvgIpc) is 3.10. The predicted octanol–water partition coefficient (Wildman–Crippen LogP) is 8.26. The Balaban J connectivity index is 1.64. The quantitative estimate of drug-likeness (QED) is 0.303. The number of hydrogen-bond acceptors (Lipinski definition) is 2. The molecule has 0 aromatic rings. The van der Waals surface area contributed by atoms with Crippen molar-refractivity contribution in [3.05, 3.63) is 12.2 Å². The molecule has 2 nitrogen and oxygen atoms in total. The van der Waals surface area contributed by atoms with Crippen molar-refractivity contribution in [2.24, 2.45) is 51.2 Å². The van der Waals surface area contributed by atoms with Crippen molar-refractivity contribution >= 4 is 0 Å². The van der Waals surface area contributed by atoms with E-state index >= 15 is 0 Å². The maximum atomic E-state index is 5.55. The van der Waals surface area contributed by atoms with Crippen molar-refractivity contribution in [3.63, 3.8) is 0 Å². The normalized spacial score (nSPS) is 48.6. The van der Waals surface area contributed by atoms with Crippen LogP contribution in [-0.2, 0) is 9.47 Å². The van der Waals surface area contributed by atoms with Gasteiger partial charge in [-0.2, -0.15) is 0 Å². The van der Waals surface area contributed by atoms with Crippen LogP contribution in [0.15, 0.2) is 12.2 Å². The van der Waals surface area contributed by atoms with E-state index in [9.17, 15) is 0 Å². The molecule has 184 valence electrons. The van der Waals surface area contributed by atoms with Crippen LogP contribution in [-0.4, -0.2) is 20.5 Å². The summed E-state index contributed by atoms with van der Waals surface area (Å²) >= 11 is 0. The molecule has 0 unspecified atom stereocenters. The highest BCUT2D eigenvalue weighted by Crippen LogP contribution is 2.77. The molecule has 4 rings (SSSR count). The van der Waals surface area contributed by atoms with Gasteiger partial charge < -0.3 is 9.47 Å². The summed E-state index contributed by atoms with van der Waals surface area (Å²) in [6.07, 6.45) is 13.2. The Morgan fingerprint density at radius 3 is 1.97 bits per heavy atom. The van der Waals surface area contributed by atoms with Gasteiger partial charge in [-0.1, -0.05) is 53.7 Å². The van der Waals surface area contributed by atoms with Crippen LogP contribution in [0.25, 0.3) is 0 Å². The van der Waals surface area contributed by atoms with Gasteiger partial charge in [0.05, 0.1) is 0 Å². The fraction of sp³-hybridized carbons (Fsp3) is 0.933. The second-order valence-corrected chi connectivity index (χ2v) is 13.6. The van der Waals surface area contributed by atoms with Crippen molar-refractivity contribution in [3.8, 4) is 0 Å². The molecule has 0 saturated heterocycles. The molecule has 0 spiro atoms. The zero-order chi connectivity index (χ0) is 23.5. The van der Waals surface area contributed by atoms with Crippen LogP contribution in [0, 0.1) is 51.2 Å². The third-order valence-electron chi connectivity index (χ3n) is 12.5. The van der Waals surface area contributed by atoms with E-state index in [2.05, 4.69) is 48.1 Å². The molecule has 4 aliphatic carbocycles. The first-order valence-electron chi connectivity index (χ1n) is 13.7. The maximum Gasteiger partial charge on any atom is 0.156 e. The monoisotopic (exact) mass is 444 g/mol. The lowest BCUT2D eigenvalue weighted by Crippen LogP contribution is -2.64. The zero-order valence-electron chi connectivity index (χ0n) is 22.6. The van der Waals surface area contributed by atoms with Crippen molar-refractivity contribution in [2.45, 2.75) is 112 Å². The molecule has 0 aliphatic heterocycles. The van der Waals surface area contributed by atoms with Gasteiger partial charge in [-0.15, -0.1) is 0 Å². The Bertz CT molecular complexity index is 710. The van der Waals surface area contributed by atoms with E-state index in [-0.39, 0.29) is 6.29 Å². The molecule has 0 heterocycles. The van der Waals surface area contributed by atoms with Crippen molar-refractivity contribution in [1.29, 1.82) is 0 Å². The molecule has 0 amide bonds. The first-order valence-corrected chi connectivity index (χ1v) is 13.7. The highest BCUT2D eigenvalue weighted by atomic mass is 16.7. The summed E-state index contributed by atoms with van der Waals surface area (Å²) in [5, 5.41) is 0. The Morgan fingerprint density at radius 1 is 0.844 bits per heavy atom. The van der Waals surface area contributed by atoms with Gasteiger partial charge in [0.25, 0.3) is 0 Å². The topological polar surface area (TPSA) is 18.5 Å². The van der Waals surface area contributed by atoms with Crippen LogP contribution in [0.4, 0.5) is 0 Å². The van der Waals surface area contributed by atoms with E-state index in [4.69, 9.17) is 9.47 Å². The number of rotatable bonds is 6. The smallest absolute Gasteiger partial charge is 0.156 e. The second-order valence-electron chi connectivity index (χ2n) is 13.6. The first-order chi connectivity index (χ1) is 15.0. The Kier molecular flexibility index (Phi) is 6.50. The molecule has 4 aliphatic rings. The Morgan fingerprint density at radius 2 is 1.41 bits per heavy atom. The summed E-state index contributed by atoms with van der Waals surface area (Å²) < 4.78 is 11.1. The molecule has 0 aromatic heterocycles. The summed E-state index contributed by atoms with van der Waals surface area (Å²) in [4.78, 5) is 0. The summed E-state index contributed by atoms with van der Waals surface area (Å²) in [5.74, 6) is 4.07. The van der Waals surface area contributed by atoms with Gasteiger partial charge in [0.1, 0.15) is 0 Å². The van der Waals surface area contributed by atoms with E-state index in [1.807, 2.05) is 0 Å². The standard InChI is InChI=1S/C30H52O2/c1-20(2)22-11-14-25-27(22,4)16-18-29(6)24-13-10-21(3)23(12-15-26(31-8)32-9)28(24,5)17-19-30(25,29)7/h20,22-26H,3,10-19H2,1-2,4-9H3/t22-,23-,24+,25-,27-,28+,29-,30+/m1/s1. The van der Waals surface area contributed by atoms with Crippen molar-refractivity contribution < 1.29 is 9.47 Å². The summed E-state index contributed by atoms with van der Waals surface area (Å²) in [7, 11) is 3.54. The lowest BCUT2D eigenvalue weighted by molar-refractivity contribution is -0.216. The molecule has 2 heteroatoms. The first kappa shape index (κ1) is 24.8. The fourth-order valence-corrected chi connectivity index (χ4v) is 10.6. The number of allylic oxidation sites excluding steroid dienone is 1. The zero-order valence-corrected chi connectivity index (χ0v) is 22.6. The number of fused-ring (bicyclic) bond motifs is 5. The minimum absolute atomic E-state index is 0.0851. The highest BCUT2D eigenvalue weighted by molar-refractivity contribution is 5.22. The van der Waals surface area contributed by atoms with Gasteiger partial charge in [0.15, 0.2) is 6.29 Å². The summed E-state index contributed by atoms with van der Waals surface area (Å²) in [5.41, 5.74) is 3.37. The minimum Gasteiger partial charge on any atom is -0.356 e.